The lowest BCUT2D eigenvalue weighted by atomic mass is 9.69. The Labute approximate surface area is 162 Å². The fourth-order valence-corrected chi connectivity index (χ4v) is 4.05. The Hall–Kier alpha value is -2.33. The van der Waals surface area contributed by atoms with Gasteiger partial charge in [-0.25, -0.2) is 0 Å². The molecule has 2 aromatic rings. The number of nitrogens with one attached hydrogen (secondary N) is 2. The highest BCUT2D eigenvalue weighted by molar-refractivity contribution is 6.00. The van der Waals surface area contributed by atoms with Crippen LogP contribution in [0.25, 0.3) is 0 Å². The van der Waals surface area contributed by atoms with E-state index in [2.05, 4.69) is 42.7 Å². The first-order valence-electron chi connectivity index (χ1n) is 9.74. The largest absolute Gasteiger partial charge is 0.495 e. The van der Waals surface area contributed by atoms with Crippen molar-refractivity contribution in [3.8, 4) is 5.75 Å². The highest BCUT2D eigenvalue weighted by Gasteiger charge is 2.43. The highest BCUT2D eigenvalue weighted by atomic mass is 16.5. The Morgan fingerprint density at radius 1 is 1.15 bits per heavy atom. The number of anilines is 1. The van der Waals surface area contributed by atoms with E-state index in [9.17, 15) is 4.79 Å². The number of methoxy groups -OCH3 is 1. The summed E-state index contributed by atoms with van der Waals surface area (Å²) in [6, 6.07) is 14.3. The molecule has 1 heterocycles. The van der Waals surface area contributed by atoms with Gasteiger partial charge in [-0.1, -0.05) is 44.2 Å². The van der Waals surface area contributed by atoms with Crippen LogP contribution >= 0.6 is 0 Å². The average molecular weight is 367 g/mol. The van der Waals surface area contributed by atoms with Crippen molar-refractivity contribution in [2.24, 2.45) is 0 Å². The Kier molecular flexibility index (Phi) is 5.85. The molecule has 3 rings (SSSR count). The van der Waals surface area contributed by atoms with Gasteiger partial charge in [-0.2, -0.15) is 0 Å². The lowest BCUT2D eigenvalue weighted by molar-refractivity contribution is -0.122. The van der Waals surface area contributed by atoms with Crippen LogP contribution in [0.2, 0.25) is 0 Å². The zero-order chi connectivity index (χ0) is 19.4. The quantitative estimate of drug-likeness (QED) is 0.825. The summed E-state index contributed by atoms with van der Waals surface area (Å²) in [5.41, 5.74) is 3.72. The third kappa shape index (κ3) is 3.86. The van der Waals surface area contributed by atoms with E-state index < -0.39 is 5.41 Å². The number of piperidine rings is 1. The van der Waals surface area contributed by atoms with Crippen LogP contribution in [-0.2, 0) is 10.2 Å². The summed E-state index contributed by atoms with van der Waals surface area (Å²) in [5, 5.41) is 6.57. The molecule has 0 atom stereocenters. The fourth-order valence-electron chi connectivity index (χ4n) is 4.05. The zero-order valence-electron chi connectivity index (χ0n) is 16.8. The van der Waals surface area contributed by atoms with E-state index in [1.54, 1.807) is 7.11 Å². The van der Waals surface area contributed by atoms with E-state index in [1.165, 1.54) is 5.56 Å². The van der Waals surface area contributed by atoms with Crippen molar-refractivity contribution >= 4 is 11.6 Å². The molecule has 0 unspecified atom stereocenters. The van der Waals surface area contributed by atoms with Crippen LogP contribution < -0.4 is 15.4 Å². The van der Waals surface area contributed by atoms with Crippen LogP contribution in [0, 0.1) is 6.92 Å². The first-order chi connectivity index (χ1) is 13.0. The van der Waals surface area contributed by atoms with Gasteiger partial charge in [-0.3, -0.25) is 4.79 Å². The van der Waals surface area contributed by atoms with E-state index in [0.717, 1.165) is 42.7 Å². The standard InChI is InChI=1S/C23H30N2O2/c1-16(2)18-7-5-6-8-19(18)23(11-13-24-14-12-23)22(26)25-20-10-9-17(3)15-21(20)27-4/h5-10,15-16,24H,11-14H2,1-4H3,(H,25,26). The maximum absolute atomic E-state index is 13.6. The molecule has 0 saturated carbocycles. The molecule has 144 valence electrons. The molecule has 0 bridgehead atoms. The molecule has 1 saturated heterocycles. The van der Waals surface area contributed by atoms with Crippen LogP contribution in [0.1, 0.15) is 49.3 Å². The number of hydrogen-bond donors (Lipinski definition) is 2. The second kappa shape index (κ2) is 8.13. The summed E-state index contributed by atoms with van der Waals surface area (Å²) in [4.78, 5) is 13.6. The molecule has 27 heavy (non-hydrogen) atoms. The fraction of sp³-hybridized carbons (Fsp3) is 0.435. The van der Waals surface area contributed by atoms with Gasteiger partial charge >= 0.3 is 0 Å². The molecule has 2 N–H and O–H groups in total. The number of aryl methyl sites for hydroxylation is 1. The Bertz CT molecular complexity index is 808. The second-order valence-corrected chi connectivity index (χ2v) is 7.73. The number of hydrogen-bond acceptors (Lipinski definition) is 3. The van der Waals surface area contributed by atoms with Crippen LogP contribution in [-0.4, -0.2) is 26.1 Å². The maximum Gasteiger partial charge on any atom is 0.235 e. The molecule has 0 radical (unpaired) electrons. The van der Waals surface area contributed by atoms with Gasteiger partial charge < -0.3 is 15.4 Å². The van der Waals surface area contributed by atoms with Gasteiger partial charge in [0.25, 0.3) is 0 Å². The molecular weight excluding hydrogens is 336 g/mol. The van der Waals surface area contributed by atoms with Crippen molar-refractivity contribution in [1.29, 1.82) is 0 Å². The van der Waals surface area contributed by atoms with Crippen molar-refractivity contribution in [2.75, 3.05) is 25.5 Å². The Balaban J connectivity index is 2.02. The number of carbonyl (C=O) groups is 1. The van der Waals surface area contributed by atoms with Crippen LogP contribution in [0.4, 0.5) is 5.69 Å². The summed E-state index contributed by atoms with van der Waals surface area (Å²) >= 11 is 0. The first-order valence-corrected chi connectivity index (χ1v) is 9.74. The maximum atomic E-state index is 13.6. The third-order valence-electron chi connectivity index (χ3n) is 5.60. The van der Waals surface area contributed by atoms with E-state index in [1.807, 2.05) is 31.2 Å². The van der Waals surface area contributed by atoms with Crippen LogP contribution in [0.3, 0.4) is 0 Å². The summed E-state index contributed by atoms with van der Waals surface area (Å²) in [6.07, 6.45) is 1.58. The van der Waals surface area contributed by atoms with Gasteiger partial charge in [0.1, 0.15) is 5.75 Å². The van der Waals surface area contributed by atoms with Gasteiger partial charge in [0, 0.05) is 0 Å². The molecular formula is C23H30N2O2. The van der Waals surface area contributed by atoms with Crippen molar-refractivity contribution in [2.45, 2.75) is 44.9 Å². The molecule has 1 aliphatic heterocycles. The smallest absolute Gasteiger partial charge is 0.235 e. The Morgan fingerprint density at radius 2 is 1.85 bits per heavy atom. The number of benzene rings is 2. The van der Waals surface area contributed by atoms with E-state index in [-0.39, 0.29) is 5.91 Å². The topological polar surface area (TPSA) is 50.4 Å². The molecule has 4 nitrogen and oxygen atoms in total. The third-order valence-corrected chi connectivity index (χ3v) is 5.60. The zero-order valence-corrected chi connectivity index (χ0v) is 16.8. The molecule has 0 aliphatic carbocycles. The molecule has 1 fully saturated rings. The molecule has 0 aromatic heterocycles. The SMILES string of the molecule is COc1cc(C)ccc1NC(=O)C1(c2ccccc2C(C)C)CCNCC1. The summed E-state index contributed by atoms with van der Waals surface area (Å²) in [7, 11) is 1.64. The van der Waals surface area contributed by atoms with Gasteiger partial charge in [0.05, 0.1) is 18.2 Å². The molecule has 4 heteroatoms. The van der Waals surface area contributed by atoms with Crippen molar-refractivity contribution in [3.63, 3.8) is 0 Å². The predicted molar refractivity (Wildman–Crippen MR) is 111 cm³/mol. The van der Waals surface area contributed by atoms with Gasteiger partial charge in [0.15, 0.2) is 0 Å². The van der Waals surface area contributed by atoms with E-state index in [0.29, 0.717) is 11.7 Å². The van der Waals surface area contributed by atoms with Crippen molar-refractivity contribution in [3.05, 3.63) is 59.2 Å². The molecule has 1 amide bonds. The lowest BCUT2D eigenvalue weighted by Gasteiger charge is -2.38. The van der Waals surface area contributed by atoms with E-state index >= 15 is 0 Å². The number of rotatable bonds is 5. The Morgan fingerprint density at radius 3 is 2.52 bits per heavy atom. The minimum Gasteiger partial charge on any atom is -0.495 e. The summed E-state index contributed by atoms with van der Waals surface area (Å²) < 4.78 is 5.49. The monoisotopic (exact) mass is 366 g/mol. The predicted octanol–water partition coefficient (Wildman–Crippen LogP) is 4.39. The number of amides is 1. The minimum absolute atomic E-state index is 0.0549. The lowest BCUT2D eigenvalue weighted by Crippen LogP contribution is -2.48. The van der Waals surface area contributed by atoms with Gasteiger partial charge in [-0.05, 0) is 67.6 Å². The van der Waals surface area contributed by atoms with Gasteiger partial charge in [-0.15, -0.1) is 0 Å². The molecule has 2 aromatic carbocycles. The highest BCUT2D eigenvalue weighted by Crippen LogP contribution is 2.39. The van der Waals surface area contributed by atoms with Crippen LogP contribution in [0.5, 0.6) is 5.75 Å². The first kappa shape index (κ1) is 19.4. The number of carbonyl (C=O) groups excluding carboxylic acids is 1. The van der Waals surface area contributed by atoms with Crippen molar-refractivity contribution in [1.82, 2.24) is 5.32 Å². The summed E-state index contributed by atoms with van der Waals surface area (Å²) in [6.45, 7) is 8.07. The normalized spacial score (nSPS) is 16.2. The second-order valence-electron chi connectivity index (χ2n) is 7.73. The van der Waals surface area contributed by atoms with Gasteiger partial charge in [0.2, 0.25) is 5.91 Å². The van der Waals surface area contributed by atoms with E-state index in [4.69, 9.17) is 4.74 Å². The molecule has 0 spiro atoms. The minimum atomic E-state index is -0.526. The number of ether oxygens (including phenoxy) is 1. The average Bonchev–Trinajstić information content (AvgIpc) is 2.69. The van der Waals surface area contributed by atoms with Crippen molar-refractivity contribution < 1.29 is 9.53 Å². The van der Waals surface area contributed by atoms with Crippen LogP contribution in [0.15, 0.2) is 42.5 Å². The summed E-state index contributed by atoms with van der Waals surface area (Å²) in [5.74, 6) is 1.12. The molecule has 1 aliphatic rings.